The van der Waals surface area contributed by atoms with Crippen LogP contribution >= 0.6 is 0 Å². The zero-order chi connectivity index (χ0) is 21.7. The van der Waals surface area contributed by atoms with Crippen LogP contribution in [0.25, 0.3) is 0 Å². The highest BCUT2D eigenvalue weighted by Crippen LogP contribution is 2.59. The van der Waals surface area contributed by atoms with E-state index in [0.717, 1.165) is 17.6 Å². The minimum absolute atomic E-state index is 0.207. The van der Waals surface area contributed by atoms with Crippen LogP contribution in [0.1, 0.15) is 65.2 Å². The average molecular weight is 413 g/mol. The van der Waals surface area contributed by atoms with Crippen molar-refractivity contribution in [1.82, 2.24) is 0 Å². The van der Waals surface area contributed by atoms with Crippen molar-refractivity contribution in [2.45, 2.75) is 77.4 Å². The van der Waals surface area contributed by atoms with Gasteiger partial charge in [0.15, 0.2) is 0 Å². The second kappa shape index (κ2) is 10.3. The van der Waals surface area contributed by atoms with Crippen LogP contribution in [0.2, 0.25) is 0 Å². The smallest absolute Gasteiger partial charge is 0.0811 e. The summed E-state index contributed by atoms with van der Waals surface area (Å²) in [6.45, 7) is 9.10. The van der Waals surface area contributed by atoms with E-state index in [-0.39, 0.29) is 6.61 Å². The van der Waals surface area contributed by atoms with Gasteiger partial charge in [0.25, 0.3) is 0 Å². The minimum Gasteiger partial charge on any atom is -0.396 e. The van der Waals surface area contributed by atoms with Crippen molar-refractivity contribution in [3.05, 3.63) is 59.8 Å². The largest absolute Gasteiger partial charge is 0.396 e. The first-order chi connectivity index (χ1) is 14.4. The van der Waals surface area contributed by atoms with Crippen LogP contribution in [-0.4, -0.2) is 34.1 Å². The van der Waals surface area contributed by atoms with Gasteiger partial charge in [-0.25, -0.2) is 0 Å². The topological polar surface area (TPSA) is 60.7 Å². The van der Waals surface area contributed by atoms with Crippen molar-refractivity contribution in [2.24, 2.45) is 23.2 Å². The fourth-order valence-corrected chi connectivity index (χ4v) is 6.23. The van der Waals surface area contributed by atoms with Gasteiger partial charge in [-0.3, -0.25) is 0 Å². The summed E-state index contributed by atoms with van der Waals surface area (Å²) >= 11 is 0. The number of hydrogen-bond acceptors (Lipinski definition) is 3. The third-order valence-electron chi connectivity index (χ3n) is 7.89. The number of fused-ring (bicyclic) bond motifs is 1. The molecule has 3 fully saturated rings. The molecule has 0 saturated heterocycles. The van der Waals surface area contributed by atoms with Gasteiger partial charge >= 0.3 is 0 Å². The van der Waals surface area contributed by atoms with E-state index in [9.17, 15) is 10.2 Å². The Kier molecular flexibility index (Phi) is 7.95. The van der Waals surface area contributed by atoms with E-state index < -0.39 is 12.2 Å². The molecule has 0 aromatic heterocycles. The maximum atomic E-state index is 10.1. The molecule has 0 radical (unpaired) electrons. The molecule has 0 bridgehead atoms. The van der Waals surface area contributed by atoms with Crippen molar-refractivity contribution in [3.8, 4) is 0 Å². The van der Waals surface area contributed by atoms with E-state index >= 15 is 0 Å². The zero-order valence-electron chi connectivity index (χ0n) is 18.8. The van der Waals surface area contributed by atoms with Gasteiger partial charge in [0.1, 0.15) is 0 Å². The number of hydrogen-bond donors (Lipinski definition) is 3. The minimum atomic E-state index is -0.620. The Hall–Kier alpha value is -1.42. The molecule has 3 aliphatic rings. The van der Waals surface area contributed by atoms with Gasteiger partial charge in [0, 0.05) is 13.0 Å². The van der Waals surface area contributed by atoms with Crippen LogP contribution in [0.3, 0.4) is 0 Å². The van der Waals surface area contributed by atoms with E-state index in [1.807, 2.05) is 6.08 Å². The standard InChI is InChI=1S/C27H40O3/c1-19(9-6-4-5-7-16-28)24-13-14-25-21(10-8-15-27(24,25)3)11-12-22-17-23(29)18-26(30)20(22)2/h4-6,9,11-12,19,23-26,28-30H,2,7-8,10,13-18H2,1,3H3/b5-4+,9-6+,21-11+,22-12+/t19-,23-,24-,25+,26+,27-/m1/s1. The molecule has 3 rings (SSSR count). The highest BCUT2D eigenvalue weighted by atomic mass is 16.3. The molecular weight excluding hydrogens is 372 g/mol. The lowest BCUT2D eigenvalue weighted by Gasteiger charge is -2.44. The highest BCUT2D eigenvalue weighted by Gasteiger charge is 2.50. The van der Waals surface area contributed by atoms with Gasteiger partial charge in [-0.15, -0.1) is 0 Å². The third-order valence-corrected chi connectivity index (χ3v) is 7.89. The molecule has 0 aromatic rings. The second-order valence-electron chi connectivity index (χ2n) is 9.85. The summed E-state index contributed by atoms with van der Waals surface area (Å²) in [5, 5.41) is 29.0. The second-order valence-corrected chi connectivity index (χ2v) is 9.85. The molecule has 3 aliphatic carbocycles. The lowest BCUT2D eigenvalue weighted by atomic mass is 9.61. The summed E-state index contributed by atoms with van der Waals surface area (Å²) in [6.07, 6.45) is 19.8. The lowest BCUT2D eigenvalue weighted by Crippen LogP contribution is -2.35. The van der Waals surface area contributed by atoms with Crippen LogP contribution in [0.5, 0.6) is 0 Å². The van der Waals surface area contributed by atoms with Gasteiger partial charge in [-0.1, -0.05) is 62.5 Å². The Morgan fingerprint density at radius 1 is 1.20 bits per heavy atom. The molecule has 0 amide bonds. The fourth-order valence-electron chi connectivity index (χ4n) is 6.23. The number of rotatable bonds is 6. The summed E-state index contributed by atoms with van der Waals surface area (Å²) in [4.78, 5) is 0. The SMILES string of the molecule is C=C1/C(=C/C=C2\CCC[C@]3(C)[C@@H]([C@H](C)/C=C/C=C/CCO)CC[C@@H]23)C[C@@H](O)C[C@@H]1O. The molecule has 3 saturated carbocycles. The Bertz CT molecular complexity index is 728. The number of aliphatic hydroxyl groups is 3. The number of aliphatic hydroxyl groups excluding tert-OH is 3. The van der Waals surface area contributed by atoms with Crippen molar-refractivity contribution >= 4 is 0 Å². The van der Waals surface area contributed by atoms with Gasteiger partial charge in [-0.05, 0) is 79.3 Å². The summed E-state index contributed by atoms with van der Waals surface area (Å²) in [6, 6.07) is 0. The van der Waals surface area contributed by atoms with E-state index in [1.165, 1.54) is 25.7 Å². The molecule has 3 nitrogen and oxygen atoms in total. The molecule has 3 N–H and O–H groups in total. The maximum Gasteiger partial charge on any atom is 0.0811 e. The maximum absolute atomic E-state index is 10.1. The first-order valence-corrected chi connectivity index (χ1v) is 11.8. The predicted molar refractivity (Wildman–Crippen MR) is 124 cm³/mol. The van der Waals surface area contributed by atoms with Crippen LogP contribution < -0.4 is 0 Å². The van der Waals surface area contributed by atoms with Crippen LogP contribution in [0.15, 0.2) is 59.8 Å². The summed E-state index contributed by atoms with van der Waals surface area (Å²) < 4.78 is 0. The van der Waals surface area contributed by atoms with Crippen molar-refractivity contribution in [1.29, 1.82) is 0 Å². The van der Waals surface area contributed by atoms with Gasteiger partial charge < -0.3 is 15.3 Å². The van der Waals surface area contributed by atoms with E-state index in [4.69, 9.17) is 5.11 Å². The molecule has 0 heterocycles. The quantitative estimate of drug-likeness (QED) is 0.522. The Balaban J connectivity index is 1.73. The molecule has 0 aromatic carbocycles. The molecule has 6 atom stereocenters. The van der Waals surface area contributed by atoms with Crippen molar-refractivity contribution in [2.75, 3.05) is 6.61 Å². The summed E-state index contributed by atoms with van der Waals surface area (Å²) in [7, 11) is 0. The normalized spacial score (nSPS) is 38.8. The first kappa shape index (κ1) is 23.2. The Morgan fingerprint density at radius 2 is 2.00 bits per heavy atom. The molecular formula is C27H40O3. The zero-order valence-corrected chi connectivity index (χ0v) is 18.8. The van der Waals surface area contributed by atoms with Crippen molar-refractivity contribution in [3.63, 3.8) is 0 Å². The van der Waals surface area contributed by atoms with Crippen LogP contribution in [0.4, 0.5) is 0 Å². The van der Waals surface area contributed by atoms with E-state index in [0.29, 0.717) is 42.4 Å². The van der Waals surface area contributed by atoms with Crippen molar-refractivity contribution < 1.29 is 15.3 Å². The van der Waals surface area contributed by atoms with E-state index in [1.54, 1.807) is 5.57 Å². The molecule has 0 spiro atoms. The lowest BCUT2D eigenvalue weighted by molar-refractivity contribution is 0.0862. The molecule has 3 heteroatoms. The van der Waals surface area contributed by atoms with Crippen LogP contribution in [-0.2, 0) is 0 Å². The highest BCUT2D eigenvalue weighted by molar-refractivity contribution is 5.38. The van der Waals surface area contributed by atoms with Gasteiger partial charge in [0.05, 0.1) is 12.2 Å². The Labute approximate surface area is 182 Å². The molecule has 0 aliphatic heterocycles. The fraction of sp³-hybridized carbons (Fsp3) is 0.630. The molecule has 0 unspecified atom stereocenters. The Morgan fingerprint density at radius 3 is 2.77 bits per heavy atom. The summed E-state index contributed by atoms with van der Waals surface area (Å²) in [5.74, 6) is 1.86. The summed E-state index contributed by atoms with van der Waals surface area (Å²) in [5.41, 5.74) is 3.65. The molecule has 166 valence electrons. The average Bonchev–Trinajstić information content (AvgIpc) is 3.07. The van der Waals surface area contributed by atoms with Gasteiger partial charge in [0.2, 0.25) is 0 Å². The molecule has 30 heavy (non-hydrogen) atoms. The van der Waals surface area contributed by atoms with Gasteiger partial charge in [-0.2, -0.15) is 0 Å². The first-order valence-electron chi connectivity index (χ1n) is 11.8. The monoisotopic (exact) mass is 412 g/mol. The third kappa shape index (κ3) is 5.07. The predicted octanol–water partition coefficient (Wildman–Crippen LogP) is 5.26. The van der Waals surface area contributed by atoms with E-state index in [2.05, 4.69) is 50.8 Å². The van der Waals surface area contributed by atoms with Crippen LogP contribution in [0, 0.1) is 23.2 Å². The number of allylic oxidation sites excluding steroid dienone is 6.